The van der Waals surface area contributed by atoms with Crippen molar-refractivity contribution in [1.82, 2.24) is 0 Å². The number of hydrogen-bond acceptors (Lipinski definition) is 2. The van der Waals surface area contributed by atoms with E-state index in [9.17, 15) is 4.57 Å². The highest BCUT2D eigenvalue weighted by atomic mass is 31.2. The Balaban J connectivity index is 2.97. The Morgan fingerprint density at radius 1 is 1.46 bits per heavy atom. The molecule has 0 aromatic carbocycles. The van der Waals surface area contributed by atoms with E-state index in [2.05, 4.69) is 24.9 Å². The molecule has 1 heterocycles. The molecule has 1 aliphatic heterocycles. The second-order valence-corrected chi connectivity index (χ2v) is 7.35. The minimum atomic E-state index is -2.17. The van der Waals surface area contributed by atoms with Crippen molar-refractivity contribution in [2.75, 3.05) is 13.3 Å². The van der Waals surface area contributed by atoms with Gasteiger partial charge in [0.2, 0.25) is 0 Å². The summed E-state index contributed by atoms with van der Waals surface area (Å²) in [5, 5.41) is 0. The van der Waals surface area contributed by atoms with Gasteiger partial charge in [-0.1, -0.05) is 13.0 Å². The Bertz CT molecular complexity index is 287. The van der Waals surface area contributed by atoms with Crippen molar-refractivity contribution in [2.24, 2.45) is 10.9 Å². The van der Waals surface area contributed by atoms with Gasteiger partial charge in [-0.05, 0) is 38.7 Å². The Labute approximate surface area is 80.5 Å². The van der Waals surface area contributed by atoms with Crippen LogP contribution in [-0.4, -0.2) is 24.8 Å². The minimum absolute atomic E-state index is 0.290. The van der Waals surface area contributed by atoms with Crippen molar-refractivity contribution in [2.45, 2.75) is 26.3 Å². The van der Waals surface area contributed by atoms with Crippen LogP contribution in [0.3, 0.4) is 0 Å². The summed E-state index contributed by atoms with van der Waals surface area (Å²) in [7, 11) is -2.17. The average molecular weight is 199 g/mol. The molecule has 1 rings (SSSR count). The van der Waals surface area contributed by atoms with Crippen molar-refractivity contribution in [1.29, 1.82) is 0 Å². The summed E-state index contributed by atoms with van der Waals surface area (Å²) in [6.07, 6.45) is 5.06. The van der Waals surface area contributed by atoms with Crippen molar-refractivity contribution < 1.29 is 4.57 Å². The number of nitrogens with zero attached hydrogens (tertiary/aromatic N) is 1. The third-order valence-electron chi connectivity index (χ3n) is 2.49. The van der Waals surface area contributed by atoms with Crippen molar-refractivity contribution in [3.8, 4) is 0 Å². The molecule has 1 unspecified atom stereocenters. The van der Waals surface area contributed by atoms with Gasteiger partial charge in [-0.25, -0.2) is 0 Å². The zero-order valence-electron chi connectivity index (χ0n) is 8.82. The molecule has 0 aliphatic carbocycles. The normalized spacial score (nSPS) is 29.7. The van der Waals surface area contributed by atoms with E-state index in [1.807, 2.05) is 6.08 Å². The molecule has 1 aliphatic rings. The van der Waals surface area contributed by atoms with Gasteiger partial charge in [0.1, 0.15) is 7.14 Å². The third-order valence-corrected chi connectivity index (χ3v) is 3.85. The van der Waals surface area contributed by atoms with Crippen LogP contribution in [-0.2, 0) is 4.57 Å². The lowest BCUT2D eigenvalue weighted by Crippen LogP contribution is -2.10. The molecule has 0 saturated heterocycles. The van der Waals surface area contributed by atoms with Crippen molar-refractivity contribution >= 4 is 12.6 Å². The van der Waals surface area contributed by atoms with E-state index in [-0.39, 0.29) is 0 Å². The van der Waals surface area contributed by atoms with Crippen LogP contribution in [0.1, 0.15) is 20.3 Å². The first-order valence-electron chi connectivity index (χ1n) is 4.71. The van der Waals surface area contributed by atoms with Gasteiger partial charge < -0.3 is 4.57 Å². The van der Waals surface area contributed by atoms with Crippen molar-refractivity contribution in [3.05, 3.63) is 12.2 Å². The van der Waals surface area contributed by atoms with Gasteiger partial charge in [0.15, 0.2) is 0 Å². The lowest BCUT2D eigenvalue weighted by molar-refractivity contribution is 0.496. The van der Waals surface area contributed by atoms with E-state index < -0.39 is 7.14 Å². The van der Waals surface area contributed by atoms with Gasteiger partial charge in [-0.2, -0.15) is 0 Å². The number of rotatable bonds is 1. The molecule has 0 aromatic rings. The van der Waals surface area contributed by atoms with E-state index in [1.165, 1.54) is 0 Å². The maximum absolute atomic E-state index is 11.8. The molecule has 3 heteroatoms. The zero-order chi connectivity index (χ0) is 10.1. The maximum Gasteiger partial charge on any atom is 0.126 e. The minimum Gasteiger partial charge on any atom is -0.318 e. The van der Waals surface area contributed by atoms with Crippen LogP contribution in [0.4, 0.5) is 0 Å². The van der Waals surface area contributed by atoms with Crippen molar-refractivity contribution in [3.63, 3.8) is 0 Å². The van der Waals surface area contributed by atoms with Crippen LogP contribution in [0.15, 0.2) is 17.1 Å². The maximum atomic E-state index is 11.8. The number of aliphatic imine (C=N–C) groups is 1. The van der Waals surface area contributed by atoms with Crippen LogP contribution in [0, 0.1) is 5.92 Å². The zero-order valence-corrected chi connectivity index (χ0v) is 9.71. The summed E-state index contributed by atoms with van der Waals surface area (Å²) in [5.74, 6) is 0.556. The largest absolute Gasteiger partial charge is 0.318 e. The molecule has 2 nitrogen and oxygen atoms in total. The van der Waals surface area contributed by atoms with E-state index in [0.717, 1.165) is 11.9 Å². The smallest absolute Gasteiger partial charge is 0.126 e. The SMILES string of the molecule is CC1CC=CC(P(C)(C)=O)=N[C@H]1C. The molecular weight excluding hydrogens is 181 g/mol. The van der Waals surface area contributed by atoms with Crippen LogP contribution in [0.5, 0.6) is 0 Å². The fourth-order valence-corrected chi connectivity index (χ4v) is 2.21. The summed E-state index contributed by atoms with van der Waals surface area (Å²) in [5.41, 5.74) is 0.796. The van der Waals surface area contributed by atoms with Crippen LogP contribution in [0.2, 0.25) is 0 Å². The predicted octanol–water partition coefficient (Wildman–Crippen LogP) is 2.99. The van der Waals surface area contributed by atoms with E-state index in [4.69, 9.17) is 0 Å². The molecular formula is C10H18NOP. The highest BCUT2D eigenvalue weighted by Gasteiger charge is 2.19. The van der Waals surface area contributed by atoms with Crippen LogP contribution in [0.25, 0.3) is 0 Å². The Morgan fingerprint density at radius 2 is 2.08 bits per heavy atom. The number of allylic oxidation sites excluding steroid dienone is 2. The monoisotopic (exact) mass is 199 g/mol. The van der Waals surface area contributed by atoms with E-state index >= 15 is 0 Å². The standard InChI is InChI=1S/C10H18NOP/c1-8-6-5-7-10(11-9(8)2)13(3,4)12/h5,7-9H,6H2,1-4H3/t8?,9-/m0/s1. The molecule has 0 aromatic heterocycles. The summed E-state index contributed by atoms with van der Waals surface area (Å²) >= 11 is 0. The van der Waals surface area contributed by atoms with Crippen LogP contribution >= 0.6 is 7.14 Å². The third kappa shape index (κ3) is 2.80. The Morgan fingerprint density at radius 3 is 2.62 bits per heavy atom. The molecule has 13 heavy (non-hydrogen) atoms. The second kappa shape index (κ2) is 3.79. The van der Waals surface area contributed by atoms with Gasteiger partial charge in [-0.15, -0.1) is 0 Å². The first-order chi connectivity index (χ1) is 5.91. The predicted molar refractivity (Wildman–Crippen MR) is 59.3 cm³/mol. The Kier molecular flexibility index (Phi) is 3.13. The quantitative estimate of drug-likeness (QED) is 0.597. The van der Waals surface area contributed by atoms with Gasteiger partial charge in [0.25, 0.3) is 0 Å². The molecule has 0 amide bonds. The summed E-state index contributed by atoms with van der Waals surface area (Å²) in [6, 6.07) is 0.290. The lowest BCUT2D eigenvalue weighted by Gasteiger charge is -2.13. The molecule has 0 bridgehead atoms. The van der Waals surface area contributed by atoms with E-state index in [1.54, 1.807) is 13.3 Å². The molecule has 0 radical (unpaired) electrons. The molecule has 2 atom stereocenters. The fourth-order valence-electron chi connectivity index (χ4n) is 1.28. The molecule has 0 N–H and O–H groups in total. The summed E-state index contributed by atoms with van der Waals surface area (Å²) < 4.78 is 11.8. The average Bonchev–Trinajstić information content (AvgIpc) is 2.13. The van der Waals surface area contributed by atoms with Gasteiger partial charge in [-0.3, -0.25) is 4.99 Å². The summed E-state index contributed by atoms with van der Waals surface area (Å²) in [4.78, 5) is 4.49. The topological polar surface area (TPSA) is 29.4 Å². The second-order valence-electron chi connectivity index (χ2n) is 4.19. The van der Waals surface area contributed by atoms with Crippen LogP contribution < -0.4 is 0 Å². The molecule has 0 saturated carbocycles. The highest BCUT2D eigenvalue weighted by molar-refractivity contribution is 7.80. The lowest BCUT2D eigenvalue weighted by atomic mass is 10.0. The first-order valence-corrected chi connectivity index (χ1v) is 7.31. The number of hydrogen-bond donors (Lipinski definition) is 0. The highest BCUT2D eigenvalue weighted by Crippen LogP contribution is 2.40. The fraction of sp³-hybridized carbons (Fsp3) is 0.700. The molecule has 0 spiro atoms. The van der Waals surface area contributed by atoms with E-state index in [0.29, 0.717) is 12.0 Å². The van der Waals surface area contributed by atoms with Gasteiger partial charge in [0.05, 0.1) is 11.5 Å². The van der Waals surface area contributed by atoms with Gasteiger partial charge >= 0.3 is 0 Å². The van der Waals surface area contributed by atoms with Gasteiger partial charge in [0, 0.05) is 0 Å². The molecule has 0 fully saturated rings. The molecule has 74 valence electrons. The Hall–Kier alpha value is -0.360. The summed E-state index contributed by atoms with van der Waals surface area (Å²) in [6.45, 7) is 7.82. The first kappa shape index (κ1) is 10.7.